The van der Waals surface area contributed by atoms with E-state index in [1.54, 1.807) is 29.2 Å². The van der Waals surface area contributed by atoms with Crippen molar-refractivity contribution >= 4 is 23.3 Å². The molecule has 2 aromatic rings. The van der Waals surface area contributed by atoms with Crippen LogP contribution in [0.4, 0.5) is 11.4 Å². The zero-order valence-corrected chi connectivity index (χ0v) is 15.5. The number of fused-ring (bicyclic) bond motifs is 1. The topological polar surface area (TPSA) is 108 Å². The van der Waals surface area contributed by atoms with Crippen molar-refractivity contribution in [1.29, 1.82) is 0 Å². The number of para-hydroxylation sites is 1. The summed E-state index contributed by atoms with van der Waals surface area (Å²) >= 11 is 0. The normalized spacial score (nSPS) is 15.6. The van der Waals surface area contributed by atoms with Crippen molar-refractivity contribution in [3.8, 4) is 5.75 Å². The van der Waals surface area contributed by atoms with Crippen LogP contribution in [-0.4, -0.2) is 30.1 Å². The second kappa shape index (κ2) is 7.88. The molecule has 1 amide bonds. The summed E-state index contributed by atoms with van der Waals surface area (Å²) in [5.74, 6) is -0.225. The lowest BCUT2D eigenvalue weighted by molar-refractivity contribution is -0.385. The second-order valence-electron chi connectivity index (χ2n) is 6.70. The number of non-ortho nitro benzene ring substituents is 1. The SMILES string of the molecule is O=C(OCc1cc([N+](=O)[O-])cc2c1OCOC2)c1ccccc1N1CCCC1=O. The quantitative estimate of drug-likeness (QED) is 0.433. The van der Waals surface area contributed by atoms with Crippen LogP contribution < -0.4 is 9.64 Å². The maximum atomic E-state index is 12.7. The molecule has 1 saturated heterocycles. The molecule has 0 unspecified atom stereocenters. The molecule has 2 aromatic carbocycles. The van der Waals surface area contributed by atoms with Crippen LogP contribution in [0.5, 0.6) is 5.75 Å². The Bertz CT molecular complexity index is 989. The number of nitro groups is 1. The Hall–Kier alpha value is -3.46. The van der Waals surface area contributed by atoms with Gasteiger partial charge in [-0.05, 0) is 18.6 Å². The summed E-state index contributed by atoms with van der Waals surface area (Å²) in [6.07, 6.45) is 1.18. The van der Waals surface area contributed by atoms with E-state index in [1.807, 2.05) is 0 Å². The lowest BCUT2D eigenvalue weighted by atomic mass is 10.1. The van der Waals surface area contributed by atoms with Gasteiger partial charge in [0.25, 0.3) is 5.69 Å². The summed E-state index contributed by atoms with van der Waals surface area (Å²) in [4.78, 5) is 37.1. The summed E-state index contributed by atoms with van der Waals surface area (Å²) in [6.45, 7) is 0.546. The number of benzene rings is 2. The third-order valence-electron chi connectivity index (χ3n) is 4.83. The van der Waals surface area contributed by atoms with Crippen molar-refractivity contribution < 1.29 is 28.7 Å². The number of rotatable bonds is 5. The fourth-order valence-corrected chi connectivity index (χ4v) is 3.50. The van der Waals surface area contributed by atoms with Gasteiger partial charge in [-0.3, -0.25) is 14.9 Å². The molecule has 2 heterocycles. The van der Waals surface area contributed by atoms with Crippen LogP contribution in [-0.2, 0) is 27.5 Å². The average molecular weight is 398 g/mol. The largest absolute Gasteiger partial charge is 0.467 e. The molecule has 150 valence electrons. The average Bonchev–Trinajstić information content (AvgIpc) is 3.17. The zero-order chi connectivity index (χ0) is 20.4. The van der Waals surface area contributed by atoms with Gasteiger partial charge >= 0.3 is 5.97 Å². The van der Waals surface area contributed by atoms with Crippen molar-refractivity contribution in [2.75, 3.05) is 18.2 Å². The van der Waals surface area contributed by atoms with Gasteiger partial charge in [-0.2, -0.15) is 0 Å². The minimum Gasteiger partial charge on any atom is -0.467 e. The third kappa shape index (κ3) is 3.77. The second-order valence-corrected chi connectivity index (χ2v) is 6.70. The molecule has 0 aromatic heterocycles. The van der Waals surface area contributed by atoms with Crippen LogP contribution in [0.25, 0.3) is 0 Å². The Morgan fingerprint density at radius 1 is 1.28 bits per heavy atom. The number of amides is 1. The molecule has 0 saturated carbocycles. The molecule has 0 aliphatic carbocycles. The molecule has 9 nitrogen and oxygen atoms in total. The number of hydrogen-bond donors (Lipinski definition) is 0. The standard InChI is InChI=1S/C20H18N2O7/c23-18-6-3-7-21(18)17-5-2-1-4-16(17)20(24)28-11-14-9-15(22(25)26)8-13-10-27-12-29-19(13)14/h1-2,4-5,8-9H,3,6-7,10-12H2. The lowest BCUT2D eigenvalue weighted by Gasteiger charge is -2.21. The number of esters is 1. The Kier molecular flexibility index (Phi) is 5.13. The van der Waals surface area contributed by atoms with E-state index >= 15 is 0 Å². The fourth-order valence-electron chi connectivity index (χ4n) is 3.50. The number of ether oxygens (including phenoxy) is 3. The molecule has 0 radical (unpaired) electrons. The summed E-state index contributed by atoms with van der Waals surface area (Å²) < 4.78 is 16.1. The van der Waals surface area contributed by atoms with Crippen LogP contribution in [0, 0.1) is 10.1 Å². The molecule has 0 spiro atoms. The monoisotopic (exact) mass is 398 g/mol. The first-order valence-corrected chi connectivity index (χ1v) is 9.12. The van der Waals surface area contributed by atoms with E-state index in [9.17, 15) is 19.7 Å². The smallest absolute Gasteiger partial charge is 0.340 e. The van der Waals surface area contributed by atoms with Crippen LogP contribution in [0.3, 0.4) is 0 Å². The Morgan fingerprint density at radius 2 is 2.10 bits per heavy atom. The molecule has 9 heteroatoms. The first-order chi connectivity index (χ1) is 14.0. The lowest BCUT2D eigenvalue weighted by Crippen LogP contribution is -2.26. The van der Waals surface area contributed by atoms with Crippen molar-refractivity contribution in [3.05, 3.63) is 63.2 Å². The minimum absolute atomic E-state index is 0.0195. The molecule has 29 heavy (non-hydrogen) atoms. The van der Waals surface area contributed by atoms with E-state index in [1.165, 1.54) is 12.1 Å². The van der Waals surface area contributed by atoms with Crippen molar-refractivity contribution in [2.45, 2.75) is 26.1 Å². The van der Waals surface area contributed by atoms with Gasteiger partial charge in [-0.25, -0.2) is 4.79 Å². The number of nitro benzene ring substituents is 1. The maximum Gasteiger partial charge on any atom is 0.340 e. The first kappa shape index (κ1) is 18.9. The van der Waals surface area contributed by atoms with Gasteiger partial charge in [-0.15, -0.1) is 0 Å². The van der Waals surface area contributed by atoms with E-state index in [0.717, 1.165) is 6.42 Å². The highest BCUT2D eigenvalue weighted by Gasteiger charge is 2.27. The van der Waals surface area contributed by atoms with Gasteiger partial charge < -0.3 is 19.1 Å². The minimum atomic E-state index is -0.618. The fraction of sp³-hybridized carbons (Fsp3) is 0.300. The van der Waals surface area contributed by atoms with Crippen molar-refractivity contribution in [2.24, 2.45) is 0 Å². The van der Waals surface area contributed by atoms with Crippen LogP contribution in [0.1, 0.15) is 34.3 Å². The van der Waals surface area contributed by atoms with E-state index in [2.05, 4.69) is 0 Å². The van der Waals surface area contributed by atoms with E-state index < -0.39 is 10.9 Å². The molecule has 0 bridgehead atoms. The highest BCUT2D eigenvalue weighted by molar-refractivity contribution is 6.03. The maximum absolute atomic E-state index is 12.7. The van der Waals surface area contributed by atoms with E-state index in [4.69, 9.17) is 14.2 Å². The summed E-state index contributed by atoms with van der Waals surface area (Å²) in [6, 6.07) is 9.45. The number of hydrogen-bond acceptors (Lipinski definition) is 7. The molecule has 1 fully saturated rings. The van der Waals surface area contributed by atoms with Gasteiger partial charge in [0.1, 0.15) is 12.4 Å². The van der Waals surface area contributed by atoms with Crippen molar-refractivity contribution in [1.82, 2.24) is 0 Å². The summed E-state index contributed by atoms with van der Waals surface area (Å²) in [5, 5.41) is 11.2. The third-order valence-corrected chi connectivity index (χ3v) is 4.83. The predicted octanol–water partition coefficient (Wildman–Crippen LogP) is 2.95. The number of carbonyl (C=O) groups excluding carboxylic acids is 2. The first-order valence-electron chi connectivity index (χ1n) is 9.12. The van der Waals surface area contributed by atoms with E-state index in [-0.39, 0.29) is 37.2 Å². The highest BCUT2D eigenvalue weighted by Crippen LogP contribution is 2.33. The van der Waals surface area contributed by atoms with Gasteiger partial charge in [0.15, 0.2) is 6.79 Å². The Morgan fingerprint density at radius 3 is 2.86 bits per heavy atom. The summed E-state index contributed by atoms with van der Waals surface area (Å²) in [5.41, 5.74) is 1.56. The van der Waals surface area contributed by atoms with Crippen molar-refractivity contribution in [3.63, 3.8) is 0 Å². The van der Waals surface area contributed by atoms with E-state index in [0.29, 0.717) is 35.5 Å². The van der Waals surface area contributed by atoms with Crippen LogP contribution >= 0.6 is 0 Å². The van der Waals surface area contributed by atoms with Gasteiger partial charge in [0, 0.05) is 36.2 Å². The van der Waals surface area contributed by atoms with Crippen LogP contribution in [0.2, 0.25) is 0 Å². The molecule has 0 atom stereocenters. The number of nitrogens with zero attached hydrogens (tertiary/aromatic N) is 2. The Balaban J connectivity index is 1.57. The molecule has 2 aliphatic rings. The molecule has 2 aliphatic heterocycles. The van der Waals surface area contributed by atoms with Gasteiger partial charge in [-0.1, -0.05) is 12.1 Å². The number of anilines is 1. The molecule has 4 rings (SSSR count). The molecular weight excluding hydrogens is 380 g/mol. The predicted molar refractivity (Wildman–Crippen MR) is 101 cm³/mol. The van der Waals surface area contributed by atoms with Gasteiger partial charge in [0.05, 0.1) is 22.8 Å². The number of carbonyl (C=O) groups is 2. The highest BCUT2D eigenvalue weighted by atomic mass is 16.7. The van der Waals surface area contributed by atoms with Crippen LogP contribution in [0.15, 0.2) is 36.4 Å². The molecule has 0 N–H and O–H groups in total. The summed E-state index contributed by atoms with van der Waals surface area (Å²) in [7, 11) is 0. The zero-order valence-electron chi connectivity index (χ0n) is 15.5. The van der Waals surface area contributed by atoms with Gasteiger partial charge in [0.2, 0.25) is 5.91 Å². The Labute approximate surface area is 165 Å². The molecular formula is C20H18N2O7.